The Morgan fingerprint density at radius 2 is 1.80 bits per heavy atom. The molecule has 2 N–H and O–H groups in total. The van der Waals surface area contributed by atoms with Crippen molar-refractivity contribution in [2.24, 2.45) is 0 Å². The van der Waals surface area contributed by atoms with Gasteiger partial charge in [-0.25, -0.2) is 9.37 Å². The van der Waals surface area contributed by atoms with Crippen LogP contribution in [0.5, 0.6) is 0 Å². The van der Waals surface area contributed by atoms with Crippen LogP contribution in [-0.2, 0) is 4.74 Å². The number of ether oxygens (including phenoxy) is 1. The van der Waals surface area contributed by atoms with Crippen molar-refractivity contribution in [2.45, 2.75) is 0 Å². The summed E-state index contributed by atoms with van der Waals surface area (Å²) in [4.78, 5) is 15.7. The van der Waals surface area contributed by atoms with Gasteiger partial charge in [-0.3, -0.25) is 0 Å². The van der Waals surface area contributed by atoms with Crippen molar-refractivity contribution < 1.29 is 9.13 Å². The average molecular weight is 405 g/mol. The van der Waals surface area contributed by atoms with Crippen molar-refractivity contribution in [2.75, 3.05) is 41.8 Å². The monoisotopic (exact) mass is 405 g/mol. The van der Waals surface area contributed by atoms with Crippen LogP contribution in [0.3, 0.4) is 0 Å². The Labute approximate surface area is 172 Å². The van der Waals surface area contributed by atoms with E-state index in [-0.39, 0.29) is 5.82 Å². The summed E-state index contributed by atoms with van der Waals surface area (Å²) in [5.41, 5.74) is 2.27. The summed E-state index contributed by atoms with van der Waals surface area (Å²) in [5, 5.41) is 6.43. The molecule has 1 saturated heterocycles. The number of benzene rings is 1. The molecule has 1 aromatic carbocycles. The van der Waals surface area contributed by atoms with Crippen LogP contribution in [0.2, 0.25) is 0 Å². The highest BCUT2D eigenvalue weighted by molar-refractivity contribution is 5.66. The van der Waals surface area contributed by atoms with Gasteiger partial charge in [0, 0.05) is 55.2 Å². The molecule has 30 heavy (non-hydrogen) atoms. The number of anilines is 5. The lowest BCUT2D eigenvalue weighted by molar-refractivity contribution is 0.122. The van der Waals surface area contributed by atoms with Crippen LogP contribution >= 0.6 is 0 Å². The molecule has 0 amide bonds. The number of hydrogen-bond donors (Lipinski definition) is 2. The number of nitrogens with zero attached hydrogens (tertiary/aromatic N) is 5. The standard InChI is InChI=1S/C21H20FN7O/c22-15-2-1-3-16(12-15)25-21-26-18(14-20(27-21)29-8-10-30-11-9-29)24-17-4-6-28-7-5-23-19(28)13-17/h1-7,12-14H,8-11H2,(H2,24,25,26,27). The third-order valence-corrected chi connectivity index (χ3v) is 4.80. The fourth-order valence-electron chi connectivity index (χ4n) is 3.34. The highest BCUT2D eigenvalue weighted by atomic mass is 19.1. The maximum absolute atomic E-state index is 13.6. The quantitative estimate of drug-likeness (QED) is 0.525. The Morgan fingerprint density at radius 3 is 2.67 bits per heavy atom. The predicted molar refractivity (Wildman–Crippen MR) is 113 cm³/mol. The fourth-order valence-corrected chi connectivity index (χ4v) is 3.34. The van der Waals surface area contributed by atoms with E-state index in [9.17, 15) is 4.39 Å². The van der Waals surface area contributed by atoms with Crippen LogP contribution in [0.25, 0.3) is 5.65 Å². The van der Waals surface area contributed by atoms with E-state index in [1.54, 1.807) is 18.3 Å². The first-order valence-corrected chi connectivity index (χ1v) is 9.67. The predicted octanol–water partition coefficient (Wildman–Crippen LogP) is 3.59. The molecule has 8 nitrogen and oxygen atoms in total. The molecular weight excluding hydrogens is 385 g/mol. The third-order valence-electron chi connectivity index (χ3n) is 4.80. The second kappa shape index (κ2) is 7.96. The Bertz CT molecular complexity index is 1170. The third kappa shape index (κ3) is 4.01. The molecule has 4 heterocycles. The topological polar surface area (TPSA) is 79.6 Å². The maximum atomic E-state index is 13.6. The van der Waals surface area contributed by atoms with E-state index in [1.165, 1.54) is 12.1 Å². The molecule has 0 spiro atoms. The Morgan fingerprint density at radius 1 is 0.933 bits per heavy atom. The lowest BCUT2D eigenvalue weighted by atomic mass is 10.3. The Kier molecular flexibility index (Phi) is 4.86. The van der Waals surface area contributed by atoms with Gasteiger partial charge in [0.05, 0.1) is 13.2 Å². The van der Waals surface area contributed by atoms with Gasteiger partial charge in [-0.05, 0) is 24.3 Å². The smallest absolute Gasteiger partial charge is 0.231 e. The van der Waals surface area contributed by atoms with Crippen molar-refractivity contribution >= 4 is 34.6 Å². The van der Waals surface area contributed by atoms with E-state index >= 15 is 0 Å². The second-order valence-electron chi connectivity index (χ2n) is 6.90. The lowest BCUT2D eigenvalue weighted by Crippen LogP contribution is -2.36. The fraction of sp³-hybridized carbons (Fsp3) is 0.190. The first-order chi connectivity index (χ1) is 14.7. The van der Waals surface area contributed by atoms with Crippen molar-refractivity contribution in [3.63, 3.8) is 0 Å². The molecule has 1 fully saturated rings. The highest BCUT2D eigenvalue weighted by Gasteiger charge is 2.15. The second-order valence-corrected chi connectivity index (χ2v) is 6.90. The number of halogens is 1. The molecule has 3 aromatic heterocycles. The van der Waals surface area contributed by atoms with E-state index in [4.69, 9.17) is 4.74 Å². The summed E-state index contributed by atoms with van der Waals surface area (Å²) in [7, 11) is 0. The van der Waals surface area contributed by atoms with Gasteiger partial charge in [0.2, 0.25) is 5.95 Å². The van der Waals surface area contributed by atoms with Gasteiger partial charge in [0.15, 0.2) is 0 Å². The minimum Gasteiger partial charge on any atom is -0.378 e. The number of pyridine rings is 1. The molecule has 0 unspecified atom stereocenters. The van der Waals surface area contributed by atoms with Crippen LogP contribution < -0.4 is 15.5 Å². The minimum absolute atomic E-state index is 0.323. The number of morpholine rings is 1. The van der Waals surface area contributed by atoms with Crippen molar-refractivity contribution in [1.29, 1.82) is 0 Å². The summed E-state index contributed by atoms with van der Waals surface area (Å²) in [5.74, 6) is 1.46. The molecule has 152 valence electrons. The van der Waals surface area contributed by atoms with Crippen LogP contribution in [-0.4, -0.2) is 45.7 Å². The van der Waals surface area contributed by atoms with Crippen molar-refractivity contribution in [3.05, 3.63) is 66.9 Å². The SMILES string of the molecule is Fc1cccc(Nc2nc(Nc3ccn4ccnc4c3)cc(N3CCOCC3)n2)c1. The largest absolute Gasteiger partial charge is 0.378 e. The Balaban J connectivity index is 1.47. The molecule has 0 atom stereocenters. The van der Waals surface area contributed by atoms with Crippen LogP contribution in [0.1, 0.15) is 0 Å². The number of imidazole rings is 1. The average Bonchev–Trinajstić information content (AvgIpc) is 3.22. The van der Waals surface area contributed by atoms with Gasteiger partial charge in [0.1, 0.15) is 23.1 Å². The molecule has 0 bridgehead atoms. The molecule has 0 saturated carbocycles. The van der Waals surface area contributed by atoms with Gasteiger partial charge in [-0.1, -0.05) is 6.07 Å². The highest BCUT2D eigenvalue weighted by Crippen LogP contribution is 2.24. The molecular formula is C21H20FN7O. The van der Waals surface area contributed by atoms with Gasteiger partial charge < -0.3 is 24.7 Å². The number of aromatic nitrogens is 4. The van der Waals surface area contributed by atoms with E-state index in [0.717, 1.165) is 30.2 Å². The van der Waals surface area contributed by atoms with Gasteiger partial charge in [-0.15, -0.1) is 0 Å². The zero-order valence-electron chi connectivity index (χ0n) is 16.1. The molecule has 1 aliphatic rings. The molecule has 9 heteroatoms. The van der Waals surface area contributed by atoms with E-state index in [2.05, 4.69) is 30.5 Å². The number of rotatable bonds is 5. The van der Waals surface area contributed by atoms with Crippen LogP contribution in [0.15, 0.2) is 61.1 Å². The number of nitrogens with one attached hydrogen (secondary N) is 2. The first kappa shape index (κ1) is 18.3. The molecule has 5 rings (SSSR count). The van der Waals surface area contributed by atoms with Gasteiger partial charge in [0.25, 0.3) is 0 Å². The van der Waals surface area contributed by atoms with E-state index in [1.807, 2.05) is 35.0 Å². The number of fused-ring (bicyclic) bond motifs is 1. The van der Waals surface area contributed by atoms with Crippen LogP contribution in [0.4, 0.5) is 33.3 Å². The van der Waals surface area contributed by atoms with Crippen molar-refractivity contribution in [3.8, 4) is 0 Å². The summed E-state index contributed by atoms with van der Waals surface area (Å²) in [6, 6.07) is 12.0. The molecule has 1 aliphatic heterocycles. The van der Waals surface area contributed by atoms with Gasteiger partial charge >= 0.3 is 0 Å². The minimum atomic E-state index is -0.323. The zero-order valence-corrected chi connectivity index (χ0v) is 16.1. The Hall–Kier alpha value is -3.72. The van der Waals surface area contributed by atoms with Crippen molar-refractivity contribution in [1.82, 2.24) is 19.4 Å². The first-order valence-electron chi connectivity index (χ1n) is 9.67. The molecule has 0 radical (unpaired) electrons. The van der Waals surface area contributed by atoms with E-state index in [0.29, 0.717) is 30.7 Å². The zero-order chi connectivity index (χ0) is 20.3. The number of hydrogen-bond acceptors (Lipinski definition) is 7. The molecule has 0 aliphatic carbocycles. The van der Waals surface area contributed by atoms with E-state index < -0.39 is 0 Å². The summed E-state index contributed by atoms with van der Waals surface area (Å²) < 4.78 is 21.0. The molecule has 4 aromatic rings. The summed E-state index contributed by atoms with van der Waals surface area (Å²) >= 11 is 0. The lowest BCUT2D eigenvalue weighted by Gasteiger charge is -2.28. The normalized spacial score (nSPS) is 14.1. The van der Waals surface area contributed by atoms with Crippen LogP contribution in [0, 0.1) is 5.82 Å². The maximum Gasteiger partial charge on any atom is 0.231 e. The summed E-state index contributed by atoms with van der Waals surface area (Å²) in [6.07, 6.45) is 5.57. The van der Waals surface area contributed by atoms with Gasteiger partial charge in [-0.2, -0.15) is 9.97 Å². The summed E-state index contributed by atoms with van der Waals surface area (Å²) in [6.45, 7) is 2.79.